The average molecular weight is 401 g/mol. The summed E-state index contributed by atoms with van der Waals surface area (Å²) >= 11 is 17.9. The van der Waals surface area contributed by atoms with Gasteiger partial charge in [0.1, 0.15) is 6.54 Å². The number of hydrogen-bond donors (Lipinski definition) is 2. The number of halogens is 3. The first-order valence-electron chi connectivity index (χ1n) is 7.05. The predicted molar refractivity (Wildman–Crippen MR) is 92.1 cm³/mol. The fourth-order valence-electron chi connectivity index (χ4n) is 2.52. The van der Waals surface area contributed by atoms with Crippen LogP contribution >= 0.6 is 34.8 Å². The highest BCUT2D eigenvalue weighted by molar-refractivity contribution is 7.91. The molecule has 0 aromatic heterocycles. The average Bonchev–Trinajstić information content (AvgIpc) is 2.65. The van der Waals surface area contributed by atoms with Gasteiger partial charge in [-0.1, -0.05) is 29.3 Å². The van der Waals surface area contributed by atoms with Crippen LogP contribution in [0.3, 0.4) is 0 Å². The van der Waals surface area contributed by atoms with Crippen molar-refractivity contribution in [2.45, 2.75) is 18.0 Å². The Morgan fingerprint density at radius 3 is 2.61 bits per heavy atom. The minimum absolute atomic E-state index is 0.0947. The Hall–Kier alpha value is -0.530. The van der Waals surface area contributed by atoms with Crippen LogP contribution in [-0.4, -0.2) is 50.8 Å². The number of benzene rings is 1. The molecule has 2 N–H and O–H groups in total. The smallest absolute Gasteiger partial charge is 0.275 e. The third-order valence-corrected chi connectivity index (χ3v) is 6.56. The van der Waals surface area contributed by atoms with Gasteiger partial charge in [-0.15, -0.1) is 11.6 Å². The van der Waals surface area contributed by atoms with Gasteiger partial charge >= 0.3 is 0 Å². The first-order valence-corrected chi connectivity index (χ1v) is 10.1. The summed E-state index contributed by atoms with van der Waals surface area (Å²) in [5.74, 6) is -0.433. The van der Waals surface area contributed by atoms with Gasteiger partial charge < -0.3 is 10.2 Å². The Morgan fingerprint density at radius 1 is 1.35 bits per heavy atom. The fourth-order valence-corrected chi connectivity index (χ4v) is 5.55. The Morgan fingerprint density at radius 2 is 2.04 bits per heavy atom. The van der Waals surface area contributed by atoms with Crippen LogP contribution < -0.4 is 10.2 Å². The van der Waals surface area contributed by atoms with Crippen LogP contribution in [0.5, 0.6) is 0 Å². The molecule has 0 bridgehead atoms. The molecule has 0 radical (unpaired) electrons. The van der Waals surface area contributed by atoms with E-state index in [-0.39, 0.29) is 24.0 Å². The zero-order valence-electron chi connectivity index (χ0n) is 12.5. The molecule has 5 nitrogen and oxygen atoms in total. The highest BCUT2D eigenvalue weighted by Gasteiger charge is 2.37. The summed E-state index contributed by atoms with van der Waals surface area (Å²) in [6.45, 7) is 0.746. The molecule has 1 fully saturated rings. The van der Waals surface area contributed by atoms with Crippen molar-refractivity contribution in [3.8, 4) is 0 Å². The minimum atomic E-state index is -3.16. The number of alkyl halides is 1. The van der Waals surface area contributed by atoms with E-state index in [4.69, 9.17) is 34.8 Å². The lowest BCUT2D eigenvalue weighted by atomic mass is 10.2. The lowest BCUT2D eigenvalue weighted by Crippen LogP contribution is -3.09. The zero-order chi connectivity index (χ0) is 17.2. The number of carbonyl (C=O) groups excluding carboxylic acids is 1. The lowest BCUT2D eigenvalue weighted by molar-refractivity contribution is -0.885. The van der Waals surface area contributed by atoms with Crippen molar-refractivity contribution in [2.75, 3.05) is 25.1 Å². The molecule has 2 rings (SSSR count). The Bertz CT molecular complexity index is 697. The SMILES string of the molecule is C[NH+](CC(=O)N[C@H]1CS(=O)(=O)C[C@@H]1Cl)Cc1ccc(Cl)cc1Cl. The molecule has 23 heavy (non-hydrogen) atoms. The number of quaternary nitrogens is 1. The molecule has 0 saturated carbocycles. The van der Waals surface area contributed by atoms with Crippen LogP contribution in [0.4, 0.5) is 0 Å². The number of rotatable bonds is 5. The summed E-state index contributed by atoms with van der Waals surface area (Å²) in [6.07, 6.45) is 0. The van der Waals surface area contributed by atoms with Crippen LogP contribution in [-0.2, 0) is 21.2 Å². The maximum absolute atomic E-state index is 12.1. The number of likely N-dealkylation sites (N-methyl/N-ethyl adjacent to an activating group) is 1. The Labute approximate surface area is 150 Å². The van der Waals surface area contributed by atoms with Crippen molar-refractivity contribution in [3.63, 3.8) is 0 Å². The molecule has 1 aromatic carbocycles. The third-order valence-electron chi connectivity index (χ3n) is 3.60. The molecule has 1 aromatic rings. The first kappa shape index (κ1) is 18.8. The van der Waals surface area contributed by atoms with E-state index < -0.39 is 21.3 Å². The molecule has 128 valence electrons. The van der Waals surface area contributed by atoms with Crippen molar-refractivity contribution >= 4 is 50.5 Å². The molecular weight excluding hydrogens is 383 g/mol. The molecular formula is C14H18Cl3N2O3S+. The van der Waals surface area contributed by atoms with Crippen molar-refractivity contribution < 1.29 is 18.1 Å². The summed E-state index contributed by atoms with van der Waals surface area (Å²) < 4.78 is 23.0. The molecule has 1 saturated heterocycles. The van der Waals surface area contributed by atoms with Gasteiger partial charge in [0.2, 0.25) is 0 Å². The van der Waals surface area contributed by atoms with Gasteiger partial charge in [-0.3, -0.25) is 4.79 Å². The summed E-state index contributed by atoms with van der Waals surface area (Å²) in [5, 5.41) is 3.24. The van der Waals surface area contributed by atoms with E-state index in [0.29, 0.717) is 16.6 Å². The van der Waals surface area contributed by atoms with Crippen LogP contribution in [0.2, 0.25) is 10.0 Å². The van der Waals surface area contributed by atoms with Crippen molar-refractivity contribution in [2.24, 2.45) is 0 Å². The molecule has 1 aliphatic heterocycles. The quantitative estimate of drug-likeness (QED) is 0.709. The van der Waals surface area contributed by atoms with E-state index in [1.165, 1.54) is 0 Å². The standard InChI is InChI=1S/C14H17Cl3N2O3S/c1-19(5-9-2-3-10(15)4-11(9)16)6-14(20)18-13-8-23(21,22)7-12(13)17/h2-4,12-13H,5-8H2,1H3,(H,18,20)/p+1/t12-,13-/m0/s1. The molecule has 1 unspecified atom stereocenters. The number of carbonyl (C=O) groups is 1. The zero-order valence-corrected chi connectivity index (χ0v) is 15.6. The fraction of sp³-hybridized carbons (Fsp3) is 0.500. The van der Waals surface area contributed by atoms with Crippen LogP contribution in [0.15, 0.2) is 18.2 Å². The monoisotopic (exact) mass is 399 g/mol. The molecule has 1 amide bonds. The summed E-state index contributed by atoms with van der Waals surface area (Å²) in [4.78, 5) is 13.0. The maximum atomic E-state index is 12.1. The van der Waals surface area contributed by atoms with Gasteiger partial charge in [0, 0.05) is 10.6 Å². The predicted octanol–water partition coefficient (Wildman–Crippen LogP) is 0.529. The van der Waals surface area contributed by atoms with Crippen LogP contribution in [0.1, 0.15) is 5.56 Å². The second-order valence-corrected chi connectivity index (χ2v) is 9.37. The molecule has 1 aliphatic rings. The molecule has 1 heterocycles. The van der Waals surface area contributed by atoms with Gasteiger partial charge in [-0.2, -0.15) is 0 Å². The second kappa shape index (κ2) is 7.57. The lowest BCUT2D eigenvalue weighted by Gasteiger charge is -2.18. The van der Waals surface area contributed by atoms with Crippen molar-refractivity contribution in [1.82, 2.24) is 5.32 Å². The number of amides is 1. The summed E-state index contributed by atoms with van der Waals surface area (Å²) in [5.41, 5.74) is 0.889. The number of hydrogen-bond acceptors (Lipinski definition) is 3. The van der Waals surface area contributed by atoms with E-state index in [9.17, 15) is 13.2 Å². The van der Waals surface area contributed by atoms with Crippen LogP contribution in [0, 0.1) is 0 Å². The third kappa shape index (κ3) is 5.50. The number of nitrogens with one attached hydrogen (secondary N) is 2. The van der Waals surface area contributed by atoms with E-state index >= 15 is 0 Å². The Kier molecular flexibility index (Phi) is 6.19. The van der Waals surface area contributed by atoms with E-state index in [0.717, 1.165) is 10.5 Å². The van der Waals surface area contributed by atoms with E-state index in [1.807, 2.05) is 13.1 Å². The van der Waals surface area contributed by atoms with E-state index in [1.54, 1.807) is 12.1 Å². The summed E-state index contributed by atoms with van der Waals surface area (Å²) in [6, 6.07) is 4.70. The highest BCUT2D eigenvalue weighted by Crippen LogP contribution is 2.20. The van der Waals surface area contributed by atoms with Crippen LogP contribution in [0.25, 0.3) is 0 Å². The molecule has 9 heteroatoms. The van der Waals surface area contributed by atoms with Gasteiger partial charge in [0.15, 0.2) is 16.4 Å². The van der Waals surface area contributed by atoms with E-state index in [2.05, 4.69) is 5.32 Å². The molecule has 0 aliphatic carbocycles. The van der Waals surface area contributed by atoms with Crippen molar-refractivity contribution in [3.05, 3.63) is 33.8 Å². The second-order valence-electron chi connectivity index (χ2n) is 5.81. The molecule has 0 spiro atoms. The van der Waals surface area contributed by atoms with Gasteiger partial charge in [-0.25, -0.2) is 8.42 Å². The van der Waals surface area contributed by atoms with Crippen molar-refractivity contribution in [1.29, 1.82) is 0 Å². The van der Waals surface area contributed by atoms with Gasteiger partial charge in [-0.05, 0) is 12.1 Å². The first-order chi connectivity index (χ1) is 10.7. The highest BCUT2D eigenvalue weighted by atomic mass is 35.5. The molecule has 3 atom stereocenters. The maximum Gasteiger partial charge on any atom is 0.275 e. The minimum Gasteiger partial charge on any atom is -0.346 e. The largest absolute Gasteiger partial charge is 0.346 e. The van der Waals surface area contributed by atoms with Gasteiger partial charge in [0.25, 0.3) is 5.91 Å². The number of sulfone groups is 1. The van der Waals surface area contributed by atoms with Gasteiger partial charge in [0.05, 0.1) is 35.0 Å². The Balaban J connectivity index is 1.87. The summed E-state index contributed by atoms with van der Waals surface area (Å²) in [7, 11) is -1.31. The topological polar surface area (TPSA) is 67.7 Å². The normalized spacial score (nSPS) is 24.3.